The highest BCUT2D eigenvalue weighted by atomic mass is 19.1. The van der Waals surface area contributed by atoms with Crippen molar-refractivity contribution in [3.8, 4) is 16.9 Å². The number of ketones is 1. The number of ether oxygens (including phenoxy) is 1. The van der Waals surface area contributed by atoms with Crippen LogP contribution in [0, 0.1) is 5.82 Å². The lowest BCUT2D eigenvalue weighted by Gasteiger charge is -2.09. The molecule has 5 rings (SSSR count). The molecule has 0 atom stereocenters. The number of nitrogens with one attached hydrogen (secondary N) is 1. The number of rotatable bonds is 9. The van der Waals surface area contributed by atoms with E-state index >= 15 is 0 Å². The van der Waals surface area contributed by atoms with Crippen molar-refractivity contribution in [1.29, 1.82) is 0 Å². The van der Waals surface area contributed by atoms with Gasteiger partial charge in [-0.2, -0.15) is 4.98 Å². The fraction of sp³-hybridized carbons (Fsp3) is 0.138. The number of hydrogen-bond acceptors (Lipinski definition) is 6. The maximum atomic E-state index is 13.1. The number of carbonyl (C=O) groups is 1. The van der Waals surface area contributed by atoms with Gasteiger partial charge in [-0.25, -0.2) is 8.91 Å². The molecule has 0 aliphatic rings. The van der Waals surface area contributed by atoms with E-state index in [-0.39, 0.29) is 24.6 Å². The summed E-state index contributed by atoms with van der Waals surface area (Å²) in [4.78, 5) is 17.0. The molecule has 0 unspecified atom stereocenters. The second-order valence-electron chi connectivity index (χ2n) is 8.69. The molecule has 0 radical (unpaired) electrons. The molecular formula is C29H25FN4O3. The Bertz CT molecular complexity index is 1550. The number of Topliss-reactive ketones (excluding diaryl/α,β-unsaturated/α-hetero) is 1. The maximum Gasteiger partial charge on any atom is 0.247 e. The number of aromatic nitrogens is 3. The van der Waals surface area contributed by atoms with Gasteiger partial charge in [0, 0.05) is 24.6 Å². The van der Waals surface area contributed by atoms with Gasteiger partial charge in [0.1, 0.15) is 17.3 Å². The molecule has 0 fully saturated rings. The summed E-state index contributed by atoms with van der Waals surface area (Å²) < 4.78 is 20.2. The Kier molecular flexibility index (Phi) is 6.91. The molecule has 0 spiro atoms. The molecule has 8 heteroatoms. The minimum absolute atomic E-state index is 0.0701. The van der Waals surface area contributed by atoms with Crippen molar-refractivity contribution in [2.24, 2.45) is 0 Å². The highest BCUT2D eigenvalue weighted by Gasteiger charge is 2.11. The zero-order valence-electron chi connectivity index (χ0n) is 20.2. The summed E-state index contributed by atoms with van der Waals surface area (Å²) in [5.41, 5.74) is 5.80. The number of aliphatic hydroxyl groups is 1. The zero-order valence-corrected chi connectivity index (χ0v) is 20.2. The molecule has 0 bridgehead atoms. The number of nitrogens with zero attached hydrogens (tertiary/aromatic N) is 3. The van der Waals surface area contributed by atoms with E-state index in [0.717, 1.165) is 27.8 Å². The first-order chi connectivity index (χ1) is 18.0. The van der Waals surface area contributed by atoms with E-state index in [2.05, 4.69) is 15.4 Å². The number of hydrogen-bond donors (Lipinski definition) is 2. The lowest BCUT2D eigenvalue weighted by atomic mass is 10.0. The lowest BCUT2D eigenvalue weighted by Crippen LogP contribution is -2.06. The summed E-state index contributed by atoms with van der Waals surface area (Å²) >= 11 is 0. The molecule has 2 N–H and O–H groups in total. The number of fused-ring (bicyclic) bond motifs is 1. The van der Waals surface area contributed by atoms with Gasteiger partial charge in [0.25, 0.3) is 0 Å². The number of pyridine rings is 1. The van der Waals surface area contributed by atoms with Crippen LogP contribution in [0.15, 0.2) is 85.1 Å². The minimum atomic E-state index is -0.308. The third-order valence-corrected chi connectivity index (χ3v) is 6.03. The van der Waals surface area contributed by atoms with Gasteiger partial charge in [-0.05, 0) is 58.7 Å². The molecule has 0 saturated heterocycles. The third-order valence-electron chi connectivity index (χ3n) is 6.03. The van der Waals surface area contributed by atoms with Crippen LogP contribution in [0.5, 0.6) is 5.75 Å². The number of aliphatic hydroxyl groups excluding tert-OH is 1. The summed E-state index contributed by atoms with van der Waals surface area (Å²) in [6.07, 6.45) is 2.49. The minimum Gasteiger partial charge on any atom is -0.495 e. The van der Waals surface area contributed by atoms with Gasteiger partial charge in [-0.1, -0.05) is 42.5 Å². The van der Waals surface area contributed by atoms with Crippen molar-refractivity contribution in [2.75, 3.05) is 12.4 Å². The van der Waals surface area contributed by atoms with E-state index in [9.17, 15) is 14.3 Å². The SMILES string of the molecule is COc1cc(CO)ccc1Nc1nc2ccc(-c3ccc(CC(=O)Cc4ccc(F)cc4)cc3)cn2n1. The number of methoxy groups -OCH3 is 1. The van der Waals surface area contributed by atoms with Gasteiger partial charge in [-0.3, -0.25) is 4.79 Å². The van der Waals surface area contributed by atoms with Crippen LogP contribution in [0.2, 0.25) is 0 Å². The average molecular weight is 497 g/mol. The summed E-state index contributed by atoms with van der Waals surface area (Å²) in [6, 6.07) is 23.1. The number of anilines is 2. The third kappa shape index (κ3) is 5.65. The molecule has 0 saturated carbocycles. The fourth-order valence-electron chi connectivity index (χ4n) is 4.10. The zero-order chi connectivity index (χ0) is 25.8. The van der Waals surface area contributed by atoms with E-state index in [1.165, 1.54) is 12.1 Å². The molecule has 3 aromatic carbocycles. The van der Waals surface area contributed by atoms with Gasteiger partial charge in [0.05, 0.1) is 19.4 Å². The molecule has 0 amide bonds. The molecule has 7 nitrogen and oxygen atoms in total. The largest absolute Gasteiger partial charge is 0.495 e. The second kappa shape index (κ2) is 10.6. The van der Waals surface area contributed by atoms with Crippen LogP contribution in [0.1, 0.15) is 16.7 Å². The summed E-state index contributed by atoms with van der Waals surface area (Å²) in [6.45, 7) is -0.0701. The number of benzene rings is 3. The first-order valence-corrected chi connectivity index (χ1v) is 11.8. The molecular weight excluding hydrogens is 471 g/mol. The fourth-order valence-corrected chi connectivity index (χ4v) is 4.10. The normalized spacial score (nSPS) is 11.0. The van der Waals surface area contributed by atoms with Gasteiger partial charge >= 0.3 is 0 Å². The summed E-state index contributed by atoms with van der Waals surface area (Å²) in [7, 11) is 1.57. The Morgan fingerprint density at radius 3 is 2.24 bits per heavy atom. The van der Waals surface area contributed by atoms with Crippen LogP contribution in [-0.2, 0) is 24.2 Å². The van der Waals surface area contributed by atoms with Crippen LogP contribution in [0.4, 0.5) is 16.0 Å². The van der Waals surface area contributed by atoms with Gasteiger partial charge < -0.3 is 15.2 Å². The van der Waals surface area contributed by atoms with Gasteiger partial charge in [-0.15, -0.1) is 5.10 Å². The van der Waals surface area contributed by atoms with E-state index in [0.29, 0.717) is 29.5 Å². The van der Waals surface area contributed by atoms with E-state index in [4.69, 9.17) is 4.74 Å². The number of halogens is 1. The Hall–Kier alpha value is -4.56. The van der Waals surface area contributed by atoms with E-state index < -0.39 is 0 Å². The maximum absolute atomic E-state index is 13.1. The predicted octanol–water partition coefficient (Wildman–Crippen LogP) is 5.13. The Labute approximate surface area is 213 Å². The predicted molar refractivity (Wildman–Crippen MR) is 139 cm³/mol. The molecule has 2 aromatic heterocycles. The Morgan fingerprint density at radius 1 is 0.919 bits per heavy atom. The van der Waals surface area contributed by atoms with Gasteiger partial charge in [0.15, 0.2) is 5.65 Å². The second-order valence-corrected chi connectivity index (χ2v) is 8.69. The van der Waals surface area contributed by atoms with Crippen molar-refractivity contribution in [1.82, 2.24) is 14.6 Å². The van der Waals surface area contributed by atoms with E-state index in [1.807, 2.05) is 48.7 Å². The standard InChI is InChI=1S/C29H25FN4O3/c1-37-27-16-21(18-35)6-12-26(27)31-29-32-28-13-9-23(17-34(28)33-29)22-7-2-19(3-8-22)14-25(36)15-20-4-10-24(30)11-5-20/h2-13,16-17,35H,14-15,18H2,1H3,(H,31,33). The quantitative estimate of drug-likeness (QED) is 0.294. The van der Waals surface area contributed by atoms with Crippen molar-refractivity contribution in [2.45, 2.75) is 19.4 Å². The van der Waals surface area contributed by atoms with Gasteiger partial charge in [0.2, 0.25) is 5.95 Å². The van der Waals surface area contributed by atoms with Crippen LogP contribution < -0.4 is 10.1 Å². The van der Waals surface area contributed by atoms with Crippen LogP contribution in [0.25, 0.3) is 16.8 Å². The molecule has 186 valence electrons. The van der Waals surface area contributed by atoms with Crippen LogP contribution >= 0.6 is 0 Å². The first-order valence-electron chi connectivity index (χ1n) is 11.8. The smallest absolute Gasteiger partial charge is 0.247 e. The monoisotopic (exact) mass is 496 g/mol. The van der Waals surface area contributed by atoms with Crippen molar-refractivity contribution in [3.05, 3.63) is 108 Å². The average Bonchev–Trinajstić information content (AvgIpc) is 3.32. The van der Waals surface area contributed by atoms with E-state index in [1.54, 1.807) is 35.9 Å². The molecule has 0 aliphatic heterocycles. The van der Waals surface area contributed by atoms with Crippen LogP contribution in [-0.4, -0.2) is 32.6 Å². The number of carbonyl (C=O) groups excluding carboxylic acids is 1. The Morgan fingerprint density at radius 2 is 1.57 bits per heavy atom. The van der Waals surface area contributed by atoms with Crippen LogP contribution in [0.3, 0.4) is 0 Å². The molecule has 37 heavy (non-hydrogen) atoms. The topological polar surface area (TPSA) is 88.8 Å². The lowest BCUT2D eigenvalue weighted by molar-refractivity contribution is -0.117. The molecule has 0 aliphatic carbocycles. The summed E-state index contributed by atoms with van der Waals surface area (Å²) in [5, 5.41) is 17.0. The van der Waals surface area contributed by atoms with Crippen molar-refractivity contribution < 1.29 is 19.0 Å². The van der Waals surface area contributed by atoms with Crippen molar-refractivity contribution in [3.63, 3.8) is 0 Å². The highest BCUT2D eigenvalue weighted by molar-refractivity contribution is 5.83. The highest BCUT2D eigenvalue weighted by Crippen LogP contribution is 2.28. The Balaban J connectivity index is 1.28. The first kappa shape index (κ1) is 24.1. The van der Waals surface area contributed by atoms with Crippen molar-refractivity contribution >= 4 is 23.1 Å². The molecule has 5 aromatic rings. The molecule has 2 heterocycles. The summed E-state index contributed by atoms with van der Waals surface area (Å²) in [5.74, 6) is 0.771.